The van der Waals surface area contributed by atoms with Gasteiger partial charge in [0.05, 0.1) is 19.3 Å². The predicted octanol–water partition coefficient (Wildman–Crippen LogP) is 3.30. The lowest BCUT2D eigenvalue weighted by Gasteiger charge is -2.33. The van der Waals surface area contributed by atoms with Crippen LogP contribution in [0.25, 0.3) is 0 Å². The summed E-state index contributed by atoms with van der Waals surface area (Å²) in [5.74, 6) is 0.879. The summed E-state index contributed by atoms with van der Waals surface area (Å²) in [4.78, 5) is 42.9. The Morgan fingerprint density at radius 3 is 2.74 bits per heavy atom. The Balaban J connectivity index is 1.22. The summed E-state index contributed by atoms with van der Waals surface area (Å²) in [6, 6.07) is 13.0. The molecule has 8 heteroatoms. The molecule has 3 heterocycles. The van der Waals surface area contributed by atoms with E-state index in [1.165, 1.54) is 0 Å². The largest absolute Gasteiger partial charge is 0.490 e. The van der Waals surface area contributed by atoms with Crippen molar-refractivity contribution < 1.29 is 23.9 Å². The SMILES string of the molecule is O=C1N[C@]2(CCCc3ccccc32)C(=O)N1CC(=O)N1CCC[C@H]1c1ccc2c(c1)OCCCO2. The van der Waals surface area contributed by atoms with E-state index in [1.54, 1.807) is 4.90 Å². The molecule has 35 heavy (non-hydrogen) atoms. The molecule has 1 N–H and O–H groups in total. The molecular formula is C27H29N3O5. The molecular weight excluding hydrogens is 446 g/mol. The van der Waals surface area contributed by atoms with Crippen LogP contribution in [0.3, 0.4) is 0 Å². The second-order valence-electron chi connectivity index (χ2n) is 9.74. The van der Waals surface area contributed by atoms with E-state index in [0.29, 0.717) is 31.9 Å². The van der Waals surface area contributed by atoms with E-state index in [4.69, 9.17) is 9.47 Å². The highest BCUT2D eigenvalue weighted by molar-refractivity contribution is 6.09. The van der Waals surface area contributed by atoms with Gasteiger partial charge < -0.3 is 19.7 Å². The fraction of sp³-hybridized carbons (Fsp3) is 0.444. The van der Waals surface area contributed by atoms with Crippen LogP contribution < -0.4 is 14.8 Å². The topological polar surface area (TPSA) is 88.2 Å². The number of hydrogen-bond donors (Lipinski definition) is 1. The molecule has 2 atom stereocenters. The molecule has 0 saturated carbocycles. The minimum Gasteiger partial charge on any atom is -0.490 e. The zero-order chi connectivity index (χ0) is 24.0. The van der Waals surface area contributed by atoms with Crippen LogP contribution in [0, 0.1) is 0 Å². The van der Waals surface area contributed by atoms with Gasteiger partial charge in [-0.2, -0.15) is 0 Å². The number of carbonyl (C=O) groups excluding carboxylic acids is 3. The van der Waals surface area contributed by atoms with Gasteiger partial charge >= 0.3 is 6.03 Å². The average Bonchev–Trinajstić information content (AvgIpc) is 3.35. The summed E-state index contributed by atoms with van der Waals surface area (Å²) in [5, 5.41) is 2.94. The number of nitrogens with one attached hydrogen (secondary N) is 1. The molecule has 8 nitrogen and oxygen atoms in total. The molecule has 2 fully saturated rings. The Morgan fingerprint density at radius 1 is 1.03 bits per heavy atom. The van der Waals surface area contributed by atoms with Crippen LogP contribution >= 0.6 is 0 Å². The number of likely N-dealkylation sites (tertiary alicyclic amines) is 1. The zero-order valence-corrected chi connectivity index (χ0v) is 19.6. The summed E-state index contributed by atoms with van der Waals surface area (Å²) < 4.78 is 11.6. The number of amides is 4. The number of urea groups is 1. The zero-order valence-electron chi connectivity index (χ0n) is 19.6. The summed E-state index contributed by atoms with van der Waals surface area (Å²) in [7, 11) is 0. The van der Waals surface area contributed by atoms with Gasteiger partial charge in [-0.15, -0.1) is 0 Å². The fourth-order valence-corrected chi connectivity index (χ4v) is 5.98. The van der Waals surface area contributed by atoms with Gasteiger partial charge in [-0.05, 0) is 60.9 Å². The quantitative estimate of drug-likeness (QED) is 0.689. The molecule has 3 aliphatic heterocycles. The van der Waals surface area contributed by atoms with Crippen LogP contribution in [0.5, 0.6) is 11.5 Å². The summed E-state index contributed by atoms with van der Waals surface area (Å²) in [6.45, 7) is 1.56. The van der Waals surface area contributed by atoms with Crippen molar-refractivity contribution in [3.8, 4) is 11.5 Å². The molecule has 1 spiro atoms. The van der Waals surface area contributed by atoms with Gasteiger partial charge in [0.2, 0.25) is 5.91 Å². The maximum atomic E-state index is 13.6. The van der Waals surface area contributed by atoms with Crippen molar-refractivity contribution in [1.29, 1.82) is 0 Å². The Bertz CT molecular complexity index is 1200. The number of ether oxygens (including phenoxy) is 2. The van der Waals surface area contributed by atoms with Crippen molar-refractivity contribution in [2.24, 2.45) is 0 Å². The average molecular weight is 476 g/mol. The van der Waals surface area contributed by atoms with Crippen molar-refractivity contribution >= 4 is 17.8 Å². The molecule has 1 aliphatic carbocycles. The van der Waals surface area contributed by atoms with E-state index in [-0.39, 0.29) is 24.4 Å². The van der Waals surface area contributed by atoms with Gasteiger partial charge in [0, 0.05) is 13.0 Å². The Morgan fingerprint density at radius 2 is 1.86 bits per heavy atom. The third-order valence-corrected chi connectivity index (χ3v) is 7.67. The van der Waals surface area contributed by atoms with E-state index >= 15 is 0 Å². The van der Waals surface area contributed by atoms with Crippen molar-refractivity contribution in [3.05, 3.63) is 59.2 Å². The van der Waals surface area contributed by atoms with Gasteiger partial charge in [0.15, 0.2) is 11.5 Å². The van der Waals surface area contributed by atoms with Crippen LogP contribution in [-0.2, 0) is 21.5 Å². The second-order valence-corrected chi connectivity index (χ2v) is 9.74. The number of hydrogen-bond acceptors (Lipinski definition) is 5. The minimum atomic E-state index is -1.06. The standard InChI is InChI=1S/C27H29N3O5/c31-24(29-13-4-9-21(29)19-10-11-22-23(16-19)35-15-5-14-34-22)17-30-25(32)27(28-26(30)33)12-3-7-18-6-1-2-8-20(18)27/h1-2,6,8,10-11,16,21H,3-5,7,9,12-15,17H2,(H,28,33)/t21-,27-/m0/s1. The number of rotatable bonds is 3. The van der Waals surface area contributed by atoms with Gasteiger partial charge in [-0.25, -0.2) is 4.79 Å². The molecule has 2 saturated heterocycles. The maximum absolute atomic E-state index is 13.6. The molecule has 0 bridgehead atoms. The first kappa shape index (κ1) is 21.9. The first-order valence-electron chi connectivity index (χ1n) is 12.5. The molecule has 0 aromatic heterocycles. The number of imide groups is 1. The van der Waals surface area contributed by atoms with Crippen molar-refractivity contribution in [3.63, 3.8) is 0 Å². The molecule has 4 aliphatic rings. The number of aryl methyl sites for hydroxylation is 1. The van der Waals surface area contributed by atoms with Crippen LogP contribution in [0.1, 0.15) is 54.8 Å². The molecule has 6 rings (SSSR count). The molecule has 4 amide bonds. The molecule has 2 aromatic rings. The Labute approximate surface area is 204 Å². The summed E-state index contributed by atoms with van der Waals surface area (Å²) in [6.07, 6.45) is 4.75. The number of carbonyl (C=O) groups is 3. The minimum absolute atomic E-state index is 0.121. The van der Waals surface area contributed by atoms with E-state index in [9.17, 15) is 14.4 Å². The van der Waals surface area contributed by atoms with Crippen LogP contribution in [0.2, 0.25) is 0 Å². The number of benzene rings is 2. The summed E-state index contributed by atoms with van der Waals surface area (Å²) >= 11 is 0. The van der Waals surface area contributed by atoms with E-state index in [0.717, 1.165) is 59.4 Å². The third-order valence-electron chi connectivity index (χ3n) is 7.67. The smallest absolute Gasteiger partial charge is 0.325 e. The van der Waals surface area contributed by atoms with Crippen molar-refractivity contribution in [1.82, 2.24) is 15.1 Å². The normalized spacial score (nSPS) is 25.4. The highest BCUT2D eigenvalue weighted by Crippen LogP contribution is 2.41. The van der Waals surface area contributed by atoms with E-state index in [2.05, 4.69) is 5.32 Å². The maximum Gasteiger partial charge on any atom is 0.325 e. The summed E-state index contributed by atoms with van der Waals surface area (Å²) in [5.41, 5.74) is 1.85. The van der Waals surface area contributed by atoms with Crippen LogP contribution in [0.15, 0.2) is 42.5 Å². The molecule has 0 radical (unpaired) electrons. The third kappa shape index (κ3) is 3.63. The van der Waals surface area contributed by atoms with E-state index in [1.807, 2.05) is 42.5 Å². The second kappa shape index (κ2) is 8.59. The highest BCUT2D eigenvalue weighted by Gasteiger charge is 2.54. The number of fused-ring (bicyclic) bond motifs is 3. The van der Waals surface area contributed by atoms with Crippen molar-refractivity contribution in [2.45, 2.75) is 50.1 Å². The van der Waals surface area contributed by atoms with Gasteiger partial charge in [0.25, 0.3) is 5.91 Å². The molecule has 182 valence electrons. The van der Waals surface area contributed by atoms with Crippen molar-refractivity contribution in [2.75, 3.05) is 26.3 Å². The van der Waals surface area contributed by atoms with Gasteiger partial charge in [-0.3, -0.25) is 14.5 Å². The lowest BCUT2D eigenvalue weighted by atomic mass is 9.76. The molecule has 2 aromatic carbocycles. The first-order chi connectivity index (χ1) is 17.1. The Kier molecular flexibility index (Phi) is 5.39. The Hall–Kier alpha value is -3.55. The van der Waals surface area contributed by atoms with Gasteiger partial charge in [0.1, 0.15) is 12.1 Å². The highest BCUT2D eigenvalue weighted by atomic mass is 16.5. The van der Waals surface area contributed by atoms with Gasteiger partial charge in [-0.1, -0.05) is 30.3 Å². The lowest BCUT2D eigenvalue weighted by Crippen LogP contribution is -2.47. The fourth-order valence-electron chi connectivity index (χ4n) is 5.98. The van der Waals surface area contributed by atoms with Crippen LogP contribution in [0.4, 0.5) is 4.79 Å². The predicted molar refractivity (Wildman–Crippen MR) is 127 cm³/mol. The molecule has 0 unspecified atom stereocenters. The van der Waals surface area contributed by atoms with Crippen LogP contribution in [-0.4, -0.2) is 53.9 Å². The number of nitrogens with zero attached hydrogens (tertiary/aromatic N) is 2. The first-order valence-corrected chi connectivity index (χ1v) is 12.5. The van der Waals surface area contributed by atoms with E-state index < -0.39 is 11.6 Å². The monoisotopic (exact) mass is 475 g/mol. The lowest BCUT2D eigenvalue weighted by molar-refractivity contribution is -0.140.